The van der Waals surface area contributed by atoms with Gasteiger partial charge in [0, 0.05) is 13.3 Å². The molecule has 0 nitrogen and oxygen atoms in total. The van der Waals surface area contributed by atoms with E-state index in [0.717, 1.165) is 0 Å². The third-order valence-corrected chi connectivity index (χ3v) is 0.667. The first-order valence-corrected chi connectivity index (χ1v) is 5.20. The van der Waals surface area contributed by atoms with Gasteiger partial charge in [0.15, 0.2) is 0 Å². The van der Waals surface area contributed by atoms with Gasteiger partial charge in [0.05, 0.1) is 0 Å². The van der Waals surface area contributed by atoms with E-state index in [4.69, 9.17) is 0 Å². The molecule has 0 amide bonds. The summed E-state index contributed by atoms with van der Waals surface area (Å²) in [6.07, 6.45) is -2.53. The zero-order valence-electron chi connectivity index (χ0n) is 9.48. The Bertz CT molecular complexity index is 141. The third-order valence-electron chi connectivity index (χ3n) is 0.667. The Labute approximate surface area is 102 Å². The summed E-state index contributed by atoms with van der Waals surface area (Å²) in [4.78, 5) is 0. The van der Waals surface area contributed by atoms with Crippen molar-refractivity contribution in [1.82, 2.24) is 0 Å². The number of rotatable bonds is 0. The lowest BCUT2D eigenvalue weighted by atomic mass is 10.4. The lowest BCUT2D eigenvalue weighted by Crippen LogP contribution is -1.95. The minimum absolute atomic E-state index is 0. The monoisotopic (exact) mass is 258 g/mol. The molecule has 0 saturated heterocycles. The fourth-order valence-electron chi connectivity index (χ4n) is 0.385. The van der Waals surface area contributed by atoms with Crippen LogP contribution < -0.4 is 0 Å². The second kappa shape index (κ2) is 19.8. The van der Waals surface area contributed by atoms with Crippen LogP contribution in [0.15, 0.2) is 36.4 Å². The Morgan fingerprint density at radius 3 is 0.875 bits per heavy atom. The SMILES string of the molecule is C.CC.CC(F)(F)F.CCl.c1ccccc1. The van der Waals surface area contributed by atoms with Crippen LogP contribution in [0.25, 0.3) is 0 Å². The van der Waals surface area contributed by atoms with Gasteiger partial charge in [0.2, 0.25) is 0 Å². The zero-order chi connectivity index (χ0) is 12.7. The number of hydrogen-bond donors (Lipinski definition) is 0. The molecule has 0 fully saturated rings. The maximum atomic E-state index is 10.4. The van der Waals surface area contributed by atoms with Crippen LogP contribution in [-0.4, -0.2) is 12.6 Å². The van der Waals surface area contributed by atoms with Crippen molar-refractivity contribution in [3.05, 3.63) is 36.4 Å². The van der Waals surface area contributed by atoms with E-state index in [1.165, 1.54) is 6.38 Å². The van der Waals surface area contributed by atoms with Crippen LogP contribution in [0.3, 0.4) is 0 Å². The van der Waals surface area contributed by atoms with Crippen molar-refractivity contribution in [2.45, 2.75) is 34.4 Å². The van der Waals surface area contributed by atoms with E-state index in [1.807, 2.05) is 50.2 Å². The van der Waals surface area contributed by atoms with Gasteiger partial charge in [-0.25, -0.2) is 0 Å². The lowest BCUT2D eigenvalue weighted by Gasteiger charge is -1.88. The summed E-state index contributed by atoms with van der Waals surface area (Å²) in [6.45, 7) is 4.19. The Kier molecular flexibility index (Phi) is 30.3. The van der Waals surface area contributed by atoms with Crippen molar-refractivity contribution < 1.29 is 13.2 Å². The quantitative estimate of drug-likeness (QED) is 0.518. The van der Waals surface area contributed by atoms with Gasteiger partial charge < -0.3 is 0 Å². The fourth-order valence-corrected chi connectivity index (χ4v) is 0.385. The molecule has 1 rings (SSSR count). The smallest absolute Gasteiger partial charge is 0.172 e. The molecule has 16 heavy (non-hydrogen) atoms. The van der Waals surface area contributed by atoms with Gasteiger partial charge in [0.25, 0.3) is 0 Å². The van der Waals surface area contributed by atoms with Gasteiger partial charge in [-0.1, -0.05) is 57.7 Å². The van der Waals surface area contributed by atoms with Gasteiger partial charge >= 0.3 is 6.18 Å². The molecule has 0 N–H and O–H groups in total. The Hall–Kier alpha value is -0.700. The molecular weight excluding hydrogens is 237 g/mol. The molecule has 4 heteroatoms. The van der Waals surface area contributed by atoms with Crippen LogP contribution in [0, 0.1) is 0 Å². The zero-order valence-corrected chi connectivity index (χ0v) is 10.2. The van der Waals surface area contributed by atoms with E-state index < -0.39 is 6.18 Å². The first kappa shape index (κ1) is 24.5. The predicted molar refractivity (Wildman–Crippen MR) is 68.0 cm³/mol. The van der Waals surface area contributed by atoms with Crippen molar-refractivity contribution in [3.63, 3.8) is 0 Å². The van der Waals surface area contributed by atoms with Crippen LogP contribution >= 0.6 is 11.6 Å². The Balaban J connectivity index is -0.0000000664. The molecule has 0 radical (unpaired) electrons. The van der Waals surface area contributed by atoms with Crippen LogP contribution in [0.2, 0.25) is 0 Å². The maximum absolute atomic E-state index is 10.4. The first-order valence-electron chi connectivity index (χ1n) is 4.44. The van der Waals surface area contributed by atoms with Crippen LogP contribution in [0.5, 0.6) is 0 Å². The van der Waals surface area contributed by atoms with Crippen LogP contribution in [-0.2, 0) is 0 Å². The summed E-state index contributed by atoms with van der Waals surface area (Å²) in [7, 11) is 0. The first-order chi connectivity index (χ1) is 7.00. The molecule has 0 aromatic heterocycles. The predicted octanol–water partition coefficient (Wildman–Crippen LogP) is 5.77. The molecule has 98 valence electrons. The van der Waals surface area contributed by atoms with E-state index in [9.17, 15) is 13.2 Å². The Morgan fingerprint density at radius 2 is 0.812 bits per heavy atom. The molecule has 0 aliphatic carbocycles. The van der Waals surface area contributed by atoms with Crippen LogP contribution in [0.1, 0.15) is 28.2 Å². The highest BCUT2D eigenvalue weighted by Gasteiger charge is 2.15. The Morgan fingerprint density at radius 1 is 0.750 bits per heavy atom. The highest BCUT2D eigenvalue weighted by molar-refractivity contribution is 6.15. The molecule has 1 aromatic rings. The second-order valence-electron chi connectivity index (χ2n) is 1.94. The highest BCUT2D eigenvalue weighted by Crippen LogP contribution is 2.10. The number of hydrogen-bond acceptors (Lipinski definition) is 0. The summed E-state index contributed by atoms with van der Waals surface area (Å²) in [5, 5.41) is 0. The molecule has 0 aliphatic heterocycles. The van der Waals surface area contributed by atoms with Crippen molar-refractivity contribution in [2.75, 3.05) is 6.38 Å². The molecule has 1 aromatic carbocycles. The van der Waals surface area contributed by atoms with Gasteiger partial charge in [0.1, 0.15) is 0 Å². The second-order valence-corrected chi connectivity index (χ2v) is 1.94. The minimum Gasteiger partial charge on any atom is -0.172 e. The summed E-state index contributed by atoms with van der Waals surface area (Å²) in [6, 6.07) is 12.0. The molecule has 0 aliphatic rings. The average molecular weight is 259 g/mol. The number of alkyl halides is 4. The highest BCUT2D eigenvalue weighted by atomic mass is 35.5. The van der Waals surface area contributed by atoms with Gasteiger partial charge in [-0.2, -0.15) is 13.2 Å². The summed E-state index contributed by atoms with van der Waals surface area (Å²) in [5.41, 5.74) is 0. The molecule has 0 spiro atoms. The molecule has 0 heterocycles. The molecule has 0 saturated carbocycles. The van der Waals surface area contributed by atoms with Gasteiger partial charge in [-0.3, -0.25) is 0 Å². The summed E-state index contributed by atoms with van der Waals surface area (Å²) >= 11 is 4.64. The van der Waals surface area contributed by atoms with Gasteiger partial charge in [-0.15, -0.1) is 11.6 Å². The van der Waals surface area contributed by atoms with Crippen molar-refractivity contribution in [1.29, 1.82) is 0 Å². The largest absolute Gasteiger partial charge is 0.386 e. The molecule has 0 atom stereocenters. The molecular formula is C12H22ClF3. The maximum Gasteiger partial charge on any atom is 0.386 e. The van der Waals surface area contributed by atoms with E-state index in [1.54, 1.807) is 0 Å². The molecule has 0 unspecified atom stereocenters. The van der Waals surface area contributed by atoms with Crippen LogP contribution in [0.4, 0.5) is 13.2 Å². The van der Waals surface area contributed by atoms with Crippen molar-refractivity contribution in [3.8, 4) is 0 Å². The van der Waals surface area contributed by atoms with E-state index in [2.05, 4.69) is 11.6 Å². The average Bonchev–Trinajstić information content (AvgIpc) is 2.24. The number of benzene rings is 1. The fraction of sp³-hybridized carbons (Fsp3) is 0.500. The summed E-state index contributed by atoms with van der Waals surface area (Å²) in [5.74, 6) is 0. The summed E-state index contributed by atoms with van der Waals surface area (Å²) < 4.78 is 31.1. The number of halogens is 4. The normalized spacial score (nSPS) is 7.50. The standard InChI is InChI=1S/C6H6.C2H3F3.C2H6.CH3Cl.CH4/c1-2-4-6-5-3-1;1-2(3,4)5;2*1-2;/h1-6H;1H3;1-2H3;1H3;1H4. The van der Waals surface area contributed by atoms with E-state index >= 15 is 0 Å². The topological polar surface area (TPSA) is 0 Å². The van der Waals surface area contributed by atoms with E-state index in [0.29, 0.717) is 0 Å². The van der Waals surface area contributed by atoms with E-state index in [-0.39, 0.29) is 14.4 Å². The lowest BCUT2D eigenvalue weighted by molar-refractivity contribution is -0.110. The molecule has 0 bridgehead atoms. The van der Waals surface area contributed by atoms with Crippen molar-refractivity contribution >= 4 is 11.6 Å². The third kappa shape index (κ3) is 71.6. The van der Waals surface area contributed by atoms with Gasteiger partial charge in [-0.05, 0) is 0 Å². The minimum atomic E-state index is -4.00. The van der Waals surface area contributed by atoms with Crippen molar-refractivity contribution in [2.24, 2.45) is 0 Å².